The Morgan fingerprint density at radius 2 is 1.63 bits per heavy atom. The summed E-state index contributed by atoms with van der Waals surface area (Å²) in [6.45, 7) is 5.05. The lowest BCUT2D eigenvalue weighted by molar-refractivity contribution is 0.0740. The van der Waals surface area contributed by atoms with E-state index >= 15 is 0 Å². The summed E-state index contributed by atoms with van der Waals surface area (Å²) in [5.74, 6) is 2.87. The first kappa shape index (κ1) is 25.1. The monoisotopic (exact) mass is 514 g/mol. The molecule has 0 spiro atoms. The van der Waals surface area contributed by atoms with E-state index in [4.69, 9.17) is 14.2 Å². The van der Waals surface area contributed by atoms with Gasteiger partial charge in [0.15, 0.2) is 5.82 Å². The molecule has 4 aromatic rings. The molecule has 0 bridgehead atoms. The number of aromatic nitrogens is 4. The minimum absolute atomic E-state index is 0.0952. The van der Waals surface area contributed by atoms with Crippen LogP contribution in [-0.2, 0) is 0 Å². The van der Waals surface area contributed by atoms with Gasteiger partial charge in [0.1, 0.15) is 22.9 Å². The second kappa shape index (κ2) is 11.2. The van der Waals surface area contributed by atoms with E-state index < -0.39 is 0 Å². The minimum atomic E-state index is -0.0952. The number of hydrogen-bond acceptors (Lipinski definition) is 8. The molecule has 0 saturated carbocycles. The molecule has 3 heterocycles. The van der Waals surface area contributed by atoms with E-state index in [0.29, 0.717) is 55.7 Å². The number of amides is 1. The van der Waals surface area contributed by atoms with Gasteiger partial charge in [-0.25, -0.2) is 0 Å². The number of ether oxygens (including phenoxy) is 3. The highest BCUT2D eigenvalue weighted by molar-refractivity contribution is 5.93. The quantitative estimate of drug-likeness (QED) is 0.377. The fraction of sp³-hybridized carbons (Fsp3) is 0.286. The van der Waals surface area contributed by atoms with Crippen LogP contribution in [0.4, 0.5) is 5.82 Å². The number of hydrogen-bond donors (Lipinski definition) is 1. The van der Waals surface area contributed by atoms with E-state index in [1.807, 2.05) is 66.4 Å². The van der Waals surface area contributed by atoms with Crippen LogP contribution in [0.3, 0.4) is 0 Å². The van der Waals surface area contributed by atoms with Crippen LogP contribution in [0.2, 0.25) is 0 Å². The average molecular weight is 515 g/mol. The van der Waals surface area contributed by atoms with Gasteiger partial charge >= 0.3 is 0 Å². The summed E-state index contributed by atoms with van der Waals surface area (Å²) < 4.78 is 16.3. The van der Waals surface area contributed by atoms with Crippen molar-refractivity contribution < 1.29 is 19.0 Å². The minimum Gasteiger partial charge on any atom is -0.497 e. The van der Waals surface area contributed by atoms with Crippen LogP contribution >= 0.6 is 0 Å². The topological polar surface area (TPSA) is 106 Å². The Balaban J connectivity index is 1.21. The number of methoxy groups -OCH3 is 2. The van der Waals surface area contributed by atoms with Gasteiger partial charge in [-0.05, 0) is 67.6 Å². The van der Waals surface area contributed by atoms with E-state index in [9.17, 15) is 4.79 Å². The third kappa shape index (κ3) is 5.24. The van der Waals surface area contributed by atoms with E-state index in [1.54, 1.807) is 20.3 Å². The number of nitrogens with one attached hydrogen (secondary N) is 1. The number of aromatic amines is 1. The smallest absolute Gasteiger partial charge is 0.272 e. The summed E-state index contributed by atoms with van der Waals surface area (Å²) in [7, 11) is 3.20. The third-order valence-corrected chi connectivity index (χ3v) is 6.49. The molecule has 1 amide bonds. The van der Waals surface area contributed by atoms with Crippen molar-refractivity contribution in [2.45, 2.75) is 6.92 Å². The molecule has 5 rings (SSSR count). The van der Waals surface area contributed by atoms with E-state index in [2.05, 4.69) is 25.3 Å². The normalized spacial score (nSPS) is 13.3. The van der Waals surface area contributed by atoms with Crippen molar-refractivity contribution in [3.8, 4) is 39.8 Å². The molecule has 1 aliphatic heterocycles. The van der Waals surface area contributed by atoms with Crippen molar-refractivity contribution in [1.29, 1.82) is 0 Å². The molecule has 0 aliphatic carbocycles. The summed E-state index contributed by atoms with van der Waals surface area (Å²) in [6, 6.07) is 19.0. The molecule has 2 aromatic carbocycles. The zero-order valence-electron chi connectivity index (χ0n) is 21.7. The number of carbonyl (C=O) groups excluding carboxylic acids is 1. The number of anilines is 1. The van der Waals surface area contributed by atoms with Gasteiger partial charge < -0.3 is 24.0 Å². The number of benzene rings is 2. The number of carbonyl (C=O) groups is 1. The summed E-state index contributed by atoms with van der Waals surface area (Å²) in [4.78, 5) is 17.1. The van der Waals surface area contributed by atoms with Gasteiger partial charge in [0.05, 0.1) is 32.2 Å². The highest BCUT2D eigenvalue weighted by Gasteiger charge is 2.25. The van der Waals surface area contributed by atoms with Gasteiger partial charge in [0.25, 0.3) is 5.91 Å². The first-order chi connectivity index (χ1) is 18.6. The lowest BCUT2D eigenvalue weighted by Gasteiger charge is -2.34. The Hall–Kier alpha value is -4.60. The van der Waals surface area contributed by atoms with E-state index in [1.165, 1.54) is 0 Å². The SMILES string of the molecule is CCOc1ccc(-c2ccc(N3CCN(C(=O)c4cc(-c5cc(OC)ccc5OC)n[nH]4)CC3)nn2)cc1. The molecule has 0 atom stereocenters. The van der Waals surface area contributed by atoms with E-state index in [0.717, 1.165) is 28.4 Å². The molecule has 38 heavy (non-hydrogen) atoms. The molecular weight excluding hydrogens is 484 g/mol. The van der Waals surface area contributed by atoms with Crippen molar-refractivity contribution in [2.75, 3.05) is 51.9 Å². The maximum atomic E-state index is 13.2. The maximum absolute atomic E-state index is 13.2. The Bertz CT molecular complexity index is 1380. The van der Waals surface area contributed by atoms with Crippen LogP contribution in [0.25, 0.3) is 22.5 Å². The van der Waals surface area contributed by atoms with E-state index in [-0.39, 0.29) is 5.91 Å². The van der Waals surface area contributed by atoms with Crippen molar-refractivity contribution in [1.82, 2.24) is 25.3 Å². The molecule has 196 valence electrons. The molecule has 1 fully saturated rings. The second-order valence-electron chi connectivity index (χ2n) is 8.75. The standard InChI is InChI=1S/C28H30N6O4/c1-4-38-20-7-5-19(6-8-20)23-10-12-27(32-29-23)33-13-15-34(16-14-33)28(35)25-18-24(30-31-25)22-17-21(36-2)9-11-26(22)37-3/h5-12,17-18H,4,13-16H2,1-3H3,(H,30,31). The zero-order chi connectivity index (χ0) is 26.5. The van der Waals surface area contributed by atoms with Gasteiger partial charge in [-0.2, -0.15) is 5.10 Å². The number of nitrogens with zero attached hydrogens (tertiary/aromatic N) is 5. The Labute approximate surface area is 221 Å². The molecular formula is C28H30N6O4. The van der Waals surface area contributed by atoms with Gasteiger partial charge in [-0.1, -0.05) is 0 Å². The van der Waals surface area contributed by atoms with Gasteiger partial charge in [-0.15, -0.1) is 10.2 Å². The summed E-state index contributed by atoms with van der Waals surface area (Å²) in [5.41, 5.74) is 3.57. The highest BCUT2D eigenvalue weighted by atomic mass is 16.5. The summed E-state index contributed by atoms with van der Waals surface area (Å²) in [6.07, 6.45) is 0. The highest BCUT2D eigenvalue weighted by Crippen LogP contribution is 2.32. The lowest BCUT2D eigenvalue weighted by Crippen LogP contribution is -2.49. The van der Waals surface area contributed by atoms with Crippen LogP contribution in [0.15, 0.2) is 60.7 Å². The predicted molar refractivity (Wildman–Crippen MR) is 144 cm³/mol. The molecule has 1 N–H and O–H groups in total. The van der Waals surface area contributed by atoms with Crippen LogP contribution in [0.5, 0.6) is 17.2 Å². The van der Waals surface area contributed by atoms with Crippen molar-refractivity contribution in [3.63, 3.8) is 0 Å². The first-order valence-electron chi connectivity index (χ1n) is 12.5. The fourth-order valence-electron chi connectivity index (χ4n) is 4.43. The fourth-order valence-corrected chi connectivity index (χ4v) is 4.43. The molecule has 0 unspecified atom stereocenters. The lowest BCUT2D eigenvalue weighted by atomic mass is 10.1. The Morgan fingerprint density at radius 1 is 0.868 bits per heavy atom. The predicted octanol–water partition coefficient (Wildman–Crippen LogP) is 3.91. The largest absolute Gasteiger partial charge is 0.497 e. The molecule has 10 heteroatoms. The number of rotatable bonds is 8. The molecule has 1 aliphatic rings. The Morgan fingerprint density at radius 3 is 2.29 bits per heavy atom. The number of piperazine rings is 1. The van der Waals surface area contributed by atoms with Crippen molar-refractivity contribution in [3.05, 3.63) is 66.4 Å². The van der Waals surface area contributed by atoms with Gasteiger partial charge in [0, 0.05) is 37.3 Å². The van der Waals surface area contributed by atoms with Crippen LogP contribution in [-0.4, -0.2) is 78.2 Å². The summed E-state index contributed by atoms with van der Waals surface area (Å²) in [5, 5.41) is 16.1. The Kier molecular flexibility index (Phi) is 7.39. The third-order valence-electron chi connectivity index (χ3n) is 6.49. The maximum Gasteiger partial charge on any atom is 0.272 e. The second-order valence-corrected chi connectivity index (χ2v) is 8.75. The van der Waals surface area contributed by atoms with Crippen LogP contribution in [0.1, 0.15) is 17.4 Å². The van der Waals surface area contributed by atoms with Crippen LogP contribution in [0, 0.1) is 0 Å². The van der Waals surface area contributed by atoms with Crippen LogP contribution < -0.4 is 19.1 Å². The van der Waals surface area contributed by atoms with Gasteiger partial charge in [-0.3, -0.25) is 9.89 Å². The summed E-state index contributed by atoms with van der Waals surface area (Å²) >= 11 is 0. The first-order valence-corrected chi connectivity index (χ1v) is 12.5. The van der Waals surface area contributed by atoms with Crippen molar-refractivity contribution >= 4 is 11.7 Å². The zero-order valence-corrected chi connectivity index (χ0v) is 21.7. The average Bonchev–Trinajstić information content (AvgIpc) is 3.47. The molecule has 0 radical (unpaired) electrons. The number of H-pyrrole nitrogens is 1. The molecule has 10 nitrogen and oxygen atoms in total. The van der Waals surface area contributed by atoms with Gasteiger partial charge in [0.2, 0.25) is 0 Å². The molecule has 2 aromatic heterocycles. The molecule has 1 saturated heterocycles. The van der Waals surface area contributed by atoms with Crippen molar-refractivity contribution in [2.24, 2.45) is 0 Å².